The number of aryl methyl sites for hydroxylation is 3. The summed E-state index contributed by atoms with van der Waals surface area (Å²) in [6, 6.07) is 13.7. The number of aromatic nitrogens is 2. The average molecular weight is 334 g/mol. The topological polar surface area (TPSA) is 55.1 Å². The predicted molar refractivity (Wildman–Crippen MR) is 98.0 cm³/mol. The van der Waals surface area contributed by atoms with Gasteiger partial charge in [0.2, 0.25) is 5.78 Å². The lowest BCUT2D eigenvalue weighted by molar-refractivity contribution is 0.0945. The first-order chi connectivity index (χ1) is 12.0. The number of carbonyl (C=O) groups is 1. The van der Waals surface area contributed by atoms with E-state index >= 15 is 0 Å². The lowest BCUT2D eigenvalue weighted by Crippen LogP contribution is -2.19. The molecular formula is C21H22N2O2. The molecule has 0 fully saturated rings. The zero-order chi connectivity index (χ0) is 18.0. The number of hydrogen-bond acceptors (Lipinski definition) is 3. The summed E-state index contributed by atoms with van der Waals surface area (Å²) in [6.07, 6.45) is 3.99. The molecule has 0 aliphatic rings. The first kappa shape index (κ1) is 17.0. The molecule has 25 heavy (non-hydrogen) atoms. The minimum absolute atomic E-state index is 0.00193. The molecule has 0 bridgehead atoms. The van der Waals surface area contributed by atoms with Crippen molar-refractivity contribution >= 4 is 5.78 Å². The van der Waals surface area contributed by atoms with Crippen molar-refractivity contribution in [2.24, 2.45) is 7.05 Å². The fourth-order valence-corrected chi connectivity index (χ4v) is 3.21. The molecule has 2 aromatic carbocycles. The van der Waals surface area contributed by atoms with E-state index in [1.165, 1.54) is 0 Å². The molecule has 0 aliphatic heterocycles. The van der Waals surface area contributed by atoms with Crippen LogP contribution in [0.25, 0.3) is 0 Å². The summed E-state index contributed by atoms with van der Waals surface area (Å²) in [5.41, 5.74) is 3.65. The van der Waals surface area contributed by atoms with E-state index in [-0.39, 0.29) is 11.7 Å². The van der Waals surface area contributed by atoms with Crippen molar-refractivity contribution in [3.8, 4) is 5.75 Å². The Balaban J connectivity index is 2.01. The quantitative estimate of drug-likeness (QED) is 0.719. The van der Waals surface area contributed by atoms with Gasteiger partial charge in [0.25, 0.3) is 0 Å². The number of Topliss-reactive ketones (excluding diaryl/α,β-unsaturated/α-hetero) is 1. The molecule has 128 valence electrons. The highest BCUT2D eigenvalue weighted by Gasteiger charge is 2.25. The second-order valence-electron chi connectivity index (χ2n) is 6.47. The molecule has 0 saturated carbocycles. The van der Waals surface area contributed by atoms with Gasteiger partial charge in [-0.05, 0) is 42.5 Å². The van der Waals surface area contributed by atoms with Crippen molar-refractivity contribution in [2.75, 3.05) is 0 Å². The van der Waals surface area contributed by atoms with Gasteiger partial charge in [-0.25, -0.2) is 4.98 Å². The first-order valence-electron chi connectivity index (χ1n) is 8.33. The van der Waals surface area contributed by atoms with Crippen LogP contribution in [-0.2, 0) is 13.5 Å². The fourth-order valence-electron chi connectivity index (χ4n) is 3.21. The molecule has 3 rings (SSSR count). The lowest BCUT2D eigenvalue weighted by atomic mass is 9.87. The Morgan fingerprint density at radius 1 is 1.16 bits per heavy atom. The second-order valence-corrected chi connectivity index (χ2v) is 6.47. The number of imidazole rings is 1. The van der Waals surface area contributed by atoms with E-state index in [1.54, 1.807) is 17.0 Å². The van der Waals surface area contributed by atoms with E-state index in [0.29, 0.717) is 18.0 Å². The number of rotatable bonds is 5. The summed E-state index contributed by atoms with van der Waals surface area (Å²) in [7, 11) is 1.83. The van der Waals surface area contributed by atoms with Gasteiger partial charge in [-0.15, -0.1) is 0 Å². The van der Waals surface area contributed by atoms with Gasteiger partial charge in [-0.2, -0.15) is 0 Å². The number of phenols is 1. The summed E-state index contributed by atoms with van der Waals surface area (Å²) >= 11 is 0. The summed E-state index contributed by atoms with van der Waals surface area (Å²) in [5, 5.41) is 10.00. The lowest BCUT2D eigenvalue weighted by Gasteiger charge is -2.17. The van der Waals surface area contributed by atoms with E-state index < -0.39 is 0 Å². The molecular weight excluding hydrogens is 312 g/mol. The molecule has 1 heterocycles. The van der Waals surface area contributed by atoms with Gasteiger partial charge in [-0.1, -0.05) is 42.5 Å². The standard InChI is InChI=1S/C21H22N2O2/c1-14-11-16(12-15(2)19(14)24)13-18(17-7-5-4-6-8-17)20(25)21-22-9-10-23(21)3/h4-12,18,24H,13H2,1-3H3/t18-/m0/s1. The third-order valence-electron chi connectivity index (χ3n) is 4.55. The fraction of sp³-hybridized carbons (Fsp3) is 0.238. The Labute approximate surface area is 147 Å². The largest absolute Gasteiger partial charge is 0.507 e. The van der Waals surface area contributed by atoms with Gasteiger partial charge in [0, 0.05) is 19.4 Å². The summed E-state index contributed by atoms with van der Waals surface area (Å²) in [4.78, 5) is 17.4. The maximum absolute atomic E-state index is 13.1. The van der Waals surface area contributed by atoms with Crippen molar-refractivity contribution < 1.29 is 9.90 Å². The van der Waals surface area contributed by atoms with Crippen LogP contribution in [0.2, 0.25) is 0 Å². The maximum atomic E-state index is 13.1. The van der Waals surface area contributed by atoms with Crippen molar-refractivity contribution in [1.82, 2.24) is 9.55 Å². The zero-order valence-electron chi connectivity index (χ0n) is 14.7. The number of phenolic OH excluding ortho intramolecular Hbond substituents is 1. The normalized spacial score (nSPS) is 12.1. The average Bonchev–Trinajstić information content (AvgIpc) is 3.03. The van der Waals surface area contributed by atoms with E-state index in [2.05, 4.69) is 4.98 Å². The Bertz CT molecular complexity index is 874. The van der Waals surface area contributed by atoms with E-state index in [1.807, 2.05) is 63.4 Å². The number of benzene rings is 2. The molecule has 0 aliphatic carbocycles. The van der Waals surface area contributed by atoms with Crippen molar-refractivity contribution in [3.05, 3.63) is 82.9 Å². The van der Waals surface area contributed by atoms with Gasteiger partial charge in [0.05, 0.1) is 5.92 Å². The van der Waals surface area contributed by atoms with Gasteiger partial charge in [0.1, 0.15) is 5.75 Å². The molecule has 0 saturated heterocycles. The van der Waals surface area contributed by atoms with Gasteiger partial charge in [0.15, 0.2) is 5.82 Å². The summed E-state index contributed by atoms with van der Waals surface area (Å²) < 4.78 is 1.76. The molecule has 3 aromatic rings. The van der Waals surface area contributed by atoms with Crippen molar-refractivity contribution in [1.29, 1.82) is 0 Å². The van der Waals surface area contributed by atoms with Crippen LogP contribution in [0.4, 0.5) is 0 Å². The molecule has 1 N–H and O–H groups in total. The highest BCUT2D eigenvalue weighted by molar-refractivity contribution is 5.98. The van der Waals surface area contributed by atoms with Crippen molar-refractivity contribution in [2.45, 2.75) is 26.2 Å². The van der Waals surface area contributed by atoms with Crippen LogP contribution in [0, 0.1) is 13.8 Å². The third kappa shape index (κ3) is 3.48. The van der Waals surface area contributed by atoms with E-state index in [0.717, 1.165) is 22.3 Å². The number of aromatic hydroxyl groups is 1. The van der Waals surface area contributed by atoms with Crippen molar-refractivity contribution in [3.63, 3.8) is 0 Å². The smallest absolute Gasteiger partial charge is 0.206 e. The molecule has 0 spiro atoms. The highest BCUT2D eigenvalue weighted by Crippen LogP contribution is 2.29. The van der Waals surface area contributed by atoms with Crippen LogP contribution in [-0.4, -0.2) is 20.4 Å². The number of hydrogen-bond donors (Lipinski definition) is 1. The van der Waals surface area contributed by atoms with Crippen LogP contribution in [0.3, 0.4) is 0 Å². The minimum atomic E-state index is -0.314. The first-order valence-corrected chi connectivity index (χ1v) is 8.33. The number of nitrogens with zero attached hydrogens (tertiary/aromatic N) is 2. The number of ketones is 1. The molecule has 1 atom stereocenters. The molecule has 4 nitrogen and oxygen atoms in total. The Kier molecular flexibility index (Phi) is 4.70. The maximum Gasteiger partial charge on any atom is 0.206 e. The molecule has 0 unspecified atom stereocenters. The van der Waals surface area contributed by atoms with Gasteiger partial charge in [-0.3, -0.25) is 4.79 Å². The highest BCUT2D eigenvalue weighted by atomic mass is 16.3. The monoisotopic (exact) mass is 334 g/mol. The summed E-state index contributed by atoms with van der Waals surface area (Å²) in [6.45, 7) is 3.76. The van der Waals surface area contributed by atoms with Crippen LogP contribution >= 0.6 is 0 Å². The third-order valence-corrected chi connectivity index (χ3v) is 4.55. The van der Waals surface area contributed by atoms with Crippen LogP contribution < -0.4 is 0 Å². The van der Waals surface area contributed by atoms with Gasteiger partial charge < -0.3 is 9.67 Å². The number of carbonyl (C=O) groups excluding carboxylic acids is 1. The molecule has 1 aromatic heterocycles. The predicted octanol–water partition coefficient (Wildman–Crippen LogP) is 3.95. The second kappa shape index (κ2) is 6.93. The molecule has 0 amide bonds. The Hall–Kier alpha value is -2.88. The van der Waals surface area contributed by atoms with E-state index in [4.69, 9.17) is 0 Å². The molecule has 4 heteroatoms. The van der Waals surface area contributed by atoms with Crippen LogP contribution in [0.5, 0.6) is 5.75 Å². The van der Waals surface area contributed by atoms with Crippen LogP contribution in [0.15, 0.2) is 54.9 Å². The minimum Gasteiger partial charge on any atom is -0.507 e. The Morgan fingerprint density at radius 2 is 1.80 bits per heavy atom. The van der Waals surface area contributed by atoms with E-state index in [9.17, 15) is 9.90 Å². The van der Waals surface area contributed by atoms with Crippen LogP contribution in [0.1, 0.15) is 38.8 Å². The SMILES string of the molecule is Cc1cc(C[C@H](C(=O)c2nccn2C)c2ccccc2)cc(C)c1O. The summed E-state index contributed by atoms with van der Waals surface area (Å²) in [5.74, 6) is 0.462. The zero-order valence-corrected chi connectivity index (χ0v) is 14.7. The molecule has 0 radical (unpaired) electrons. The Morgan fingerprint density at radius 3 is 2.36 bits per heavy atom. The van der Waals surface area contributed by atoms with Gasteiger partial charge >= 0.3 is 0 Å².